The van der Waals surface area contributed by atoms with Crippen molar-refractivity contribution in [2.24, 2.45) is 0 Å². The first kappa shape index (κ1) is 15.0. The molecule has 2 rings (SSSR count). The summed E-state index contributed by atoms with van der Waals surface area (Å²) < 4.78 is 32.0. The second-order valence-corrected chi connectivity index (χ2v) is 6.75. The van der Waals surface area contributed by atoms with Crippen molar-refractivity contribution in [2.75, 3.05) is 19.7 Å². The molecule has 4 nitrogen and oxygen atoms in total. The second kappa shape index (κ2) is 5.91. The summed E-state index contributed by atoms with van der Waals surface area (Å²) in [6.07, 6.45) is 3.38. The maximum absolute atomic E-state index is 12.6. The Morgan fingerprint density at radius 2 is 2.20 bits per heavy atom. The van der Waals surface area contributed by atoms with Crippen molar-refractivity contribution >= 4 is 22.7 Å². The molecule has 1 aliphatic heterocycles. The molecule has 20 heavy (non-hydrogen) atoms. The van der Waals surface area contributed by atoms with E-state index in [1.54, 1.807) is 30.4 Å². The third kappa shape index (κ3) is 3.00. The largest absolute Gasteiger partial charge is 0.376 e. The lowest BCUT2D eigenvalue weighted by atomic mass is 10.2. The Balaban J connectivity index is 2.40. The number of benzene rings is 1. The van der Waals surface area contributed by atoms with Crippen LogP contribution in [0.4, 0.5) is 0 Å². The topological polar surface area (TPSA) is 46.6 Å². The number of nitrogens with zero attached hydrogens (tertiary/aromatic N) is 1. The van der Waals surface area contributed by atoms with Crippen LogP contribution in [0.1, 0.15) is 6.92 Å². The normalized spacial score (nSPS) is 21.9. The molecule has 0 bridgehead atoms. The van der Waals surface area contributed by atoms with Crippen LogP contribution in [-0.2, 0) is 14.8 Å². The van der Waals surface area contributed by atoms with Crippen molar-refractivity contribution in [1.82, 2.24) is 4.31 Å². The van der Waals surface area contributed by atoms with Gasteiger partial charge < -0.3 is 4.74 Å². The lowest BCUT2D eigenvalue weighted by Gasteiger charge is -2.30. The number of hydrogen-bond acceptors (Lipinski definition) is 3. The molecule has 0 radical (unpaired) electrons. The van der Waals surface area contributed by atoms with Gasteiger partial charge in [-0.1, -0.05) is 31.4 Å². The van der Waals surface area contributed by atoms with Gasteiger partial charge in [0.1, 0.15) is 0 Å². The molecule has 1 saturated heterocycles. The van der Waals surface area contributed by atoms with E-state index < -0.39 is 10.0 Å². The summed E-state index contributed by atoms with van der Waals surface area (Å²) in [7, 11) is -3.48. The van der Waals surface area contributed by atoms with Crippen molar-refractivity contribution in [3.05, 3.63) is 41.3 Å². The van der Waals surface area contributed by atoms with Gasteiger partial charge in [0.2, 0.25) is 10.0 Å². The highest BCUT2D eigenvalue weighted by atomic mass is 32.2. The van der Waals surface area contributed by atoms with Gasteiger partial charge in [0, 0.05) is 13.1 Å². The van der Waals surface area contributed by atoms with Crippen LogP contribution in [0.3, 0.4) is 0 Å². The predicted molar refractivity (Wildman–Crippen MR) is 80.0 cm³/mol. The molecule has 0 amide bonds. The number of ether oxygens (including phenoxy) is 1. The van der Waals surface area contributed by atoms with Crippen LogP contribution in [0, 0.1) is 0 Å². The quantitative estimate of drug-likeness (QED) is 0.814. The van der Waals surface area contributed by atoms with Crippen molar-refractivity contribution < 1.29 is 13.2 Å². The Hall–Kier alpha value is -1.43. The van der Waals surface area contributed by atoms with Crippen LogP contribution in [0.2, 0.25) is 0 Å². The molecule has 1 atom stereocenters. The fraction of sp³-hybridized carbons (Fsp3) is 0.333. The van der Waals surface area contributed by atoms with Crippen LogP contribution >= 0.6 is 0 Å². The highest BCUT2D eigenvalue weighted by Crippen LogP contribution is 2.16. The van der Waals surface area contributed by atoms with E-state index in [-0.39, 0.29) is 11.0 Å². The molecule has 0 aliphatic carbocycles. The zero-order valence-electron chi connectivity index (χ0n) is 11.6. The zero-order chi connectivity index (χ0) is 14.8. The van der Waals surface area contributed by atoms with Crippen LogP contribution in [0.25, 0.3) is 12.7 Å². The smallest absolute Gasteiger partial charge is 0.243 e. The molecule has 1 fully saturated rings. The van der Waals surface area contributed by atoms with Crippen molar-refractivity contribution in [3.63, 3.8) is 0 Å². The lowest BCUT2D eigenvalue weighted by Crippen LogP contribution is -2.44. The first-order valence-electron chi connectivity index (χ1n) is 6.48. The van der Waals surface area contributed by atoms with E-state index in [0.29, 0.717) is 24.9 Å². The monoisotopic (exact) mass is 293 g/mol. The van der Waals surface area contributed by atoms with Crippen LogP contribution in [0.5, 0.6) is 0 Å². The Labute approximate surface area is 119 Å². The van der Waals surface area contributed by atoms with E-state index in [1.165, 1.54) is 4.31 Å². The molecule has 1 heterocycles. The minimum absolute atomic E-state index is 0.0777. The molecule has 0 N–H and O–H groups in total. The highest BCUT2D eigenvalue weighted by Gasteiger charge is 2.28. The van der Waals surface area contributed by atoms with Gasteiger partial charge in [0.25, 0.3) is 0 Å². The molecular weight excluding hydrogens is 274 g/mol. The fourth-order valence-electron chi connectivity index (χ4n) is 2.19. The average molecular weight is 293 g/mol. The minimum Gasteiger partial charge on any atom is -0.376 e. The van der Waals surface area contributed by atoms with Crippen molar-refractivity contribution in [2.45, 2.75) is 17.9 Å². The van der Waals surface area contributed by atoms with Gasteiger partial charge in [-0.25, -0.2) is 8.42 Å². The van der Waals surface area contributed by atoms with E-state index in [2.05, 4.69) is 13.2 Å². The Morgan fingerprint density at radius 1 is 1.45 bits per heavy atom. The standard InChI is InChI=1S/C15H19NO3S/c1-4-5-14-6-7-15(10-12(14)2)20(17,18)16-8-9-19-13(3)11-16/h4-7,10,13H,1-2,8-9,11H2,3H3/b14-5-. The van der Waals surface area contributed by atoms with Gasteiger partial charge in [-0.05, 0) is 29.5 Å². The van der Waals surface area contributed by atoms with E-state index in [4.69, 9.17) is 4.74 Å². The van der Waals surface area contributed by atoms with Gasteiger partial charge in [-0.15, -0.1) is 0 Å². The molecule has 0 saturated carbocycles. The second-order valence-electron chi connectivity index (χ2n) is 4.81. The van der Waals surface area contributed by atoms with E-state index >= 15 is 0 Å². The van der Waals surface area contributed by atoms with Gasteiger partial charge in [0.15, 0.2) is 0 Å². The number of sulfonamides is 1. The molecule has 108 valence electrons. The van der Waals surface area contributed by atoms with Crippen LogP contribution in [-0.4, -0.2) is 38.5 Å². The van der Waals surface area contributed by atoms with E-state index in [0.717, 1.165) is 5.22 Å². The maximum atomic E-state index is 12.6. The zero-order valence-corrected chi connectivity index (χ0v) is 12.4. The number of hydrogen-bond donors (Lipinski definition) is 0. The fourth-order valence-corrected chi connectivity index (χ4v) is 3.74. The molecule has 1 aromatic carbocycles. The van der Waals surface area contributed by atoms with E-state index in [9.17, 15) is 8.42 Å². The highest BCUT2D eigenvalue weighted by molar-refractivity contribution is 7.89. The summed E-state index contributed by atoms with van der Waals surface area (Å²) >= 11 is 0. The first-order valence-corrected chi connectivity index (χ1v) is 7.92. The summed E-state index contributed by atoms with van der Waals surface area (Å²) in [4.78, 5) is 0.276. The molecule has 0 spiro atoms. The summed E-state index contributed by atoms with van der Waals surface area (Å²) in [6.45, 7) is 10.6. The Bertz CT molecular complexity index is 709. The third-order valence-electron chi connectivity index (χ3n) is 3.25. The van der Waals surface area contributed by atoms with Crippen LogP contribution in [0.15, 0.2) is 35.7 Å². The van der Waals surface area contributed by atoms with Gasteiger partial charge >= 0.3 is 0 Å². The summed E-state index contributed by atoms with van der Waals surface area (Å²) in [5.74, 6) is 0. The first-order chi connectivity index (χ1) is 9.45. The van der Waals surface area contributed by atoms with E-state index in [1.807, 2.05) is 6.92 Å². The average Bonchev–Trinajstić information content (AvgIpc) is 2.41. The number of rotatable bonds is 3. The minimum atomic E-state index is -3.48. The SMILES string of the molecule is C=C/C=c1/ccc(S(=O)(=O)N2CCOC(C)C2)cc1=C. The Morgan fingerprint density at radius 3 is 2.80 bits per heavy atom. The van der Waals surface area contributed by atoms with Gasteiger partial charge in [-0.3, -0.25) is 0 Å². The number of morpholine rings is 1. The molecule has 5 heteroatoms. The molecule has 1 aromatic rings. The molecular formula is C15H19NO3S. The number of allylic oxidation sites excluding steroid dienone is 1. The predicted octanol–water partition coefficient (Wildman–Crippen LogP) is 0.473. The van der Waals surface area contributed by atoms with Crippen molar-refractivity contribution in [1.29, 1.82) is 0 Å². The Kier molecular flexibility index (Phi) is 4.42. The summed E-state index contributed by atoms with van der Waals surface area (Å²) in [5, 5.41) is 1.54. The summed E-state index contributed by atoms with van der Waals surface area (Å²) in [5.41, 5.74) is 0. The van der Waals surface area contributed by atoms with Gasteiger partial charge in [0.05, 0.1) is 17.6 Å². The summed E-state index contributed by atoms with van der Waals surface area (Å²) in [6, 6.07) is 4.96. The lowest BCUT2D eigenvalue weighted by molar-refractivity contribution is 0.0102. The molecule has 0 aromatic heterocycles. The van der Waals surface area contributed by atoms with Crippen LogP contribution < -0.4 is 10.4 Å². The maximum Gasteiger partial charge on any atom is 0.243 e. The molecule has 1 unspecified atom stereocenters. The third-order valence-corrected chi connectivity index (χ3v) is 5.11. The van der Waals surface area contributed by atoms with Gasteiger partial charge in [-0.2, -0.15) is 4.31 Å². The van der Waals surface area contributed by atoms with Crippen molar-refractivity contribution in [3.8, 4) is 0 Å². The molecule has 1 aliphatic rings.